The highest BCUT2D eigenvalue weighted by Gasteiger charge is 2.18. The molecule has 10 heteroatoms. The number of methoxy groups -OCH3 is 1. The topological polar surface area (TPSA) is 92.8 Å². The number of nitrogens with zero attached hydrogens (tertiary/aromatic N) is 1. The molecular formula is C23H20F2N2O5S. The van der Waals surface area contributed by atoms with Gasteiger partial charge in [0.15, 0.2) is 11.6 Å². The van der Waals surface area contributed by atoms with Gasteiger partial charge in [-0.3, -0.25) is 9.52 Å². The monoisotopic (exact) mass is 474 g/mol. The molecule has 3 aromatic rings. The Morgan fingerprint density at radius 2 is 1.52 bits per heavy atom. The van der Waals surface area contributed by atoms with Crippen LogP contribution in [0, 0.1) is 11.6 Å². The minimum Gasteiger partial charge on any atom is -0.465 e. The number of carbonyl (C=O) groups excluding carboxylic acids is 2. The van der Waals surface area contributed by atoms with E-state index >= 15 is 0 Å². The Kier molecular flexibility index (Phi) is 7.07. The van der Waals surface area contributed by atoms with Crippen molar-refractivity contribution >= 4 is 27.6 Å². The molecule has 3 aromatic carbocycles. The summed E-state index contributed by atoms with van der Waals surface area (Å²) >= 11 is 0. The van der Waals surface area contributed by atoms with Gasteiger partial charge in [-0.25, -0.2) is 22.0 Å². The van der Waals surface area contributed by atoms with Crippen LogP contribution in [0.5, 0.6) is 0 Å². The third kappa shape index (κ3) is 5.72. The normalized spacial score (nSPS) is 11.0. The summed E-state index contributed by atoms with van der Waals surface area (Å²) in [6.07, 6.45) is 0. The van der Waals surface area contributed by atoms with E-state index in [0.717, 1.165) is 17.7 Å². The highest BCUT2D eigenvalue weighted by molar-refractivity contribution is 7.92. The first kappa shape index (κ1) is 23.9. The van der Waals surface area contributed by atoms with Crippen LogP contribution in [-0.2, 0) is 21.3 Å². The van der Waals surface area contributed by atoms with Crippen LogP contribution in [0.15, 0.2) is 71.6 Å². The zero-order valence-corrected chi connectivity index (χ0v) is 18.5. The number of benzene rings is 3. The second-order valence-corrected chi connectivity index (χ2v) is 8.79. The second-order valence-electron chi connectivity index (χ2n) is 7.11. The Bertz CT molecular complexity index is 1280. The Morgan fingerprint density at radius 3 is 2.09 bits per heavy atom. The standard InChI is InChI=1S/C23H20F2N2O5S/c1-27(14-15-3-5-17(6-4-15)23(29)32-2)22(28)16-7-9-18(10-8-16)26-33(30,31)19-11-12-20(24)21(25)13-19/h3-13,26H,14H2,1-2H3. The molecule has 1 N–H and O–H groups in total. The molecule has 172 valence electrons. The maximum Gasteiger partial charge on any atom is 0.337 e. The van der Waals surface area contributed by atoms with E-state index in [9.17, 15) is 26.8 Å². The van der Waals surface area contributed by atoms with Crippen LogP contribution in [0.3, 0.4) is 0 Å². The molecule has 0 radical (unpaired) electrons. The lowest BCUT2D eigenvalue weighted by Gasteiger charge is -2.18. The molecule has 7 nitrogen and oxygen atoms in total. The molecule has 0 bridgehead atoms. The van der Waals surface area contributed by atoms with E-state index in [-0.39, 0.29) is 18.1 Å². The van der Waals surface area contributed by atoms with Crippen molar-refractivity contribution in [3.05, 3.63) is 95.1 Å². The number of esters is 1. The predicted octanol–water partition coefficient (Wildman–Crippen LogP) is 3.82. The van der Waals surface area contributed by atoms with E-state index in [0.29, 0.717) is 17.2 Å². The predicted molar refractivity (Wildman–Crippen MR) is 117 cm³/mol. The van der Waals surface area contributed by atoms with Crippen LogP contribution < -0.4 is 4.72 Å². The number of rotatable bonds is 7. The first-order valence-electron chi connectivity index (χ1n) is 9.61. The molecule has 0 aliphatic rings. The van der Waals surface area contributed by atoms with Crippen molar-refractivity contribution in [2.45, 2.75) is 11.4 Å². The van der Waals surface area contributed by atoms with Crippen LogP contribution in [-0.4, -0.2) is 39.4 Å². The molecular weight excluding hydrogens is 454 g/mol. The molecule has 0 atom stereocenters. The van der Waals surface area contributed by atoms with Crippen LogP contribution in [0.4, 0.5) is 14.5 Å². The van der Waals surface area contributed by atoms with Crippen molar-refractivity contribution in [3.63, 3.8) is 0 Å². The van der Waals surface area contributed by atoms with Crippen LogP contribution in [0.1, 0.15) is 26.3 Å². The van der Waals surface area contributed by atoms with Gasteiger partial charge in [-0.15, -0.1) is 0 Å². The molecule has 0 aliphatic heterocycles. The van der Waals surface area contributed by atoms with Gasteiger partial charge in [-0.2, -0.15) is 0 Å². The van der Waals surface area contributed by atoms with Crippen molar-refractivity contribution in [1.29, 1.82) is 0 Å². The molecule has 0 saturated heterocycles. The van der Waals surface area contributed by atoms with E-state index < -0.39 is 32.5 Å². The molecule has 0 heterocycles. The van der Waals surface area contributed by atoms with Gasteiger partial charge < -0.3 is 9.64 Å². The van der Waals surface area contributed by atoms with Gasteiger partial charge in [0.2, 0.25) is 0 Å². The Labute approximate surface area is 189 Å². The molecule has 1 amide bonds. The first-order chi connectivity index (χ1) is 15.6. The Balaban J connectivity index is 1.66. The van der Waals surface area contributed by atoms with Crippen LogP contribution in [0.25, 0.3) is 0 Å². The van der Waals surface area contributed by atoms with E-state index in [1.165, 1.54) is 36.3 Å². The number of hydrogen-bond donors (Lipinski definition) is 1. The van der Waals surface area contributed by atoms with E-state index in [1.807, 2.05) is 0 Å². The SMILES string of the molecule is COC(=O)c1ccc(CN(C)C(=O)c2ccc(NS(=O)(=O)c3ccc(F)c(F)c3)cc2)cc1. The second kappa shape index (κ2) is 9.78. The Morgan fingerprint density at radius 1 is 0.909 bits per heavy atom. The third-order valence-corrected chi connectivity index (χ3v) is 6.11. The van der Waals surface area contributed by atoms with Gasteiger partial charge in [-0.05, 0) is 60.2 Å². The zero-order chi connectivity index (χ0) is 24.2. The highest BCUT2D eigenvalue weighted by atomic mass is 32.2. The number of sulfonamides is 1. The summed E-state index contributed by atoms with van der Waals surface area (Å²) in [7, 11) is -1.24. The van der Waals surface area contributed by atoms with Crippen molar-refractivity contribution < 1.29 is 31.5 Å². The van der Waals surface area contributed by atoms with Crippen molar-refractivity contribution in [2.75, 3.05) is 18.9 Å². The molecule has 0 aromatic heterocycles. The lowest BCUT2D eigenvalue weighted by Crippen LogP contribution is -2.26. The summed E-state index contributed by atoms with van der Waals surface area (Å²) < 4.78 is 58.1. The lowest BCUT2D eigenvalue weighted by molar-refractivity contribution is 0.0600. The molecule has 0 spiro atoms. The van der Waals surface area contributed by atoms with Crippen molar-refractivity contribution in [2.24, 2.45) is 0 Å². The fraction of sp³-hybridized carbons (Fsp3) is 0.130. The van der Waals surface area contributed by atoms with E-state index in [4.69, 9.17) is 0 Å². The fourth-order valence-corrected chi connectivity index (χ4v) is 4.04. The number of carbonyl (C=O) groups is 2. The van der Waals surface area contributed by atoms with Crippen LogP contribution in [0.2, 0.25) is 0 Å². The lowest BCUT2D eigenvalue weighted by atomic mass is 10.1. The maximum atomic E-state index is 13.4. The van der Waals surface area contributed by atoms with Crippen LogP contribution >= 0.6 is 0 Å². The Hall–Kier alpha value is -3.79. The summed E-state index contributed by atoms with van der Waals surface area (Å²) in [5.74, 6) is -3.18. The molecule has 0 fully saturated rings. The number of amides is 1. The smallest absolute Gasteiger partial charge is 0.337 e. The largest absolute Gasteiger partial charge is 0.465 e. The summed E-state index contributed by atoms with van der Waals surface area (Å²) in [4.78, 5) is 25.2. The quantitative estimate of drug-likeness (QED) is 0.526. The third-order valence-electron chi connectivity index (χ3n) is 4.73. The van der Waals surface area contributed by atoms with Gasteiger partial charge in [0.05, 0.1) is 17.6 Å². The summed E-state index contributed by atoms with van der Waals surface area (Å²) in [5, 5.41) is 0. The molecule has 33 heavy (non-hydrogen) atoms. The van der Waals surface area contributed by atoms with Gasteiger partial charge in [-0.1, -0.05) is 12.1 Å². The first-order valence-corrected chi connectivity index (χ1v) is 11.1. The molecule has 0 saturated carbocycles. The number of anilines is 1. The van der Waals surface area contributed by atoms with E-state index in [2.05, 4.69) is 9.46 Å². The van der Waals surface area contributed by atoms with E-state index in [1.54, 1.807) is 31.3 Å². The number of nitrogens with one attached hydrogen (secondary N) is 1. The zero-order valence-electron chi connectivity index (χ0n) is 17.7. The summed E-state index contributed by atoms with van der Waals surface area (Å²) in [6, 6.07) is 14.6. The van der Waals surface area contributed by atoms with Gasteiger partial charge in [0.25, 0.3) is 15.9 Å². The summed E-state index contributed by atoms with van der Waals surface area (Å²) in [6.45, 7) is 0.283. The van der Waals surface area contributed by atoms with Gasteiger partial charge in [0, 0.05) is 24.8 Å². The van der Waals surface area contributed by atoms with Gasteiger partial charge in [0.1, 0.15) is 0 Å². The van der Waals surface area contributed by atoms with Crippen molar-refractivity contribution in [1.82, 2.24) is 4.90 Å². The summed E-state index contributed by atoms with van der Waals surface area (Å²) in [5.41, 5.74) is 1.67. The highest BCUT2D eigenvalue weighted by Crippen LogP contribution is 2.19. The fourth-order valence-electron chi connectivity index (χ4n) is 2.97. The number of halogens is 2. The number of ether oxygens (including phenoxy) is 1. The number of hydrogen-bond acceptors (Lipinski definition) is 5. The maximum absolute atomic E-state index is 13.4. The molecule has 3 rings (SSSR count). The minimum atomic E-state index is -4.14. The van der Waals surface area contributed by atoms with Gasteiger partial charge >= 0.3 is 5.97 Å². The average Bonchev–Trinajstić information content (AvgIpc) is 2.80. The van der Waals surface area contributed by atoms with Crippen molar-refractivity contribution in [3.8, 4) is 0 Å². The average molecular weight is 474 g/mol. The molecule has 0 aliphatic carbocycles. The minimum absolute atomic E-state index is 0.150. The molecule has 0 unspecified atom stereocenters.